The Morgan fingerprint density at radius 1 is 0.944 bits per heavy atom. The van der Waals surface area contributed by atoms with Crippen LogP contribution in [-0.2, 0) is 12.8 Å². The van der Waals surface area contributed by atoms with Gasteiger partial charge in [-0.1, -0.05) is 73.9 Å². The molecule has 2 aromatic heterocycles. The quantitative estimate of drug-likeness (QED) is 0.293. The molecule has 2 aromatic carbocycles. The van der Waals surface area contributed by atoms with E-state index in [9.17, 15) is 4.79 Å². The maximum Gasteiger partial charge on any atom is 0.252 e. The first kappa shape index (κ1) is 24.2. The zero-order chi connectivity index (χ0) is 24.7. The lowest BCUT2D eigenvalue weighted by molar-refractivity contribution is 0.0920. The molecule has 1 N–H and O–H groups in total. The molecule has 4 aromatic rings. The number of aryl methyl sites for hydroxylation is 1. The van der Waals surface area contributed by atoms with Crippen LogP contribution < -0.4 is 5.32 Å². The molecule has 5 rings (SSSR count). The van der Waals surface area contributed by atoms with Gasteiger partial charge < -0.3 is 5.32 Å². The number of para-hydroxylation sites is 1. The smallest absolute Gasteiger partial charge is 0.252 e. The summed E-state index contributed by atoms with van der Waals surface area (Å²) >= 11 is 0. The number of carbonyl (C=O) groups is 1. The van der Waals surface area contributed by atoms with Crippen LogP contribution in [0.5, 0.6) is 0 Å². The van der Waals surface area contributed by atoms with Gasteiger partial charge in [0.1, 0.15) is 0 Å². The monoisotopic (exact) mass is 477 g/mol. The van der Waals surface area contributed by atoms with Gasteiger partial charge in [-0.05, 0) is 68.2 Å². The zero-order valence-electron chi connectivity index (χ0n) is 21.1. The van der Waals surface area contributed by atoms with Crippen molar-refractivity contribution in [1.29, 1.82) is 0 Å². The fraction of sp³-hybridized carbons (Fsp3) is 0.344. The Morgan fingerprint density at radius 3 is 2.50 bits per heavy atom. The first-order valence-electron chi connectivity index (χ1n) is 13.4. The van der Waals surface area contributed by atoms with Gasteiger partial charge in [-0.15, -0.1) is 0 Å². The minimum absolute atomic E-state index is 0.0280. The number of nitrogens with zero attached hydrogens (tertiary/aromatic N) is 2. The van der Waals surface area contributed by atoms with Crippen LogP contribution in [0.25, 0.3) is 22.2 Å². The predicted molar refractivity (Wildman–Crippen MR) is 147 cm³/mol. The third kappa shape index (κ3) is 5.48. The van der Waals surface area contributed by atoms with Crippen molar-refractivity contribution in [3.63, 3.8) is 0 Å². The van der Waals surface area contributed by atoms with Gasteiger partial charge in [-0.3, -0.25) is 9.78 Å². The molecule has 0 spiro atoms. The molecule has 1 saturated carbocycles. The largest absolute Gasteiger partial charge is 0.349 e. The van der Waals surface area contributed by atoms with E-state index in [0.29, 0.717) is 5.92 Å². The summed E-state index contributed by atoms with van der Waals surface area (Å²) in [5, 5.41) is 4.34. The minimum atomic E-state index is 0.0280. The molecule has 0 aliphatic heterocycles. The number of carbonyl (C=O) groups excluding carboxylic acids is 1. The van der Waals surface area contributed by atoms with E-state index in [1.807, 2.05) is 54.7 Å². The lowest BCUT2D eigenvalue weighted by atomic mass is 9.84. The van der Waals surface area contributed by atoms with Gasteiger partial charge in [-0.2, -0.15) is 0 Å². The Hall–Kier alpha value is -3.53. The van der Waals surface area contributed by atoms with E-state index in [0.717, 1.165) is 52.5 Å². The van der Waals surface area contributed by atoms with Crippen molar-refractivity contribution in [2.24, 2.45) is 5.92 Å². The lowest BCUT2D eigenvalue weighted by Crippen LogP contribution is -2.39. The van der Waals surface area contributed by atoms with E-state index in [2.05, 4.69) is 35.4 Å². The minimum Gasteiger partial charge on any atom is -0.349 e. The van der Waals surface area contributed by atoms with Crippen LogP contribution in [0, 0.1) is 5.92 Å². The van der Waals surface area contributed by atoms with Crippen LogP contribution >= 0.6 is 0 Å². The molecule has 1 aliphatic carbocycles. The van der Waals surface area contributed by atoms with Gasteiger partial charge in [-0.25, -0.2) is 4.98 Å². The van der Waals surface area contributed by atoms with E-state index < -0.39 is 0 Å². The van der Waals surface area contributed by atoms with Crippen molar-refractivity contribution in [3.8, 4) is 11.3 Å². The van der Waals surface area contributed by atoms with Crippen LogP contribution in [-0.4, -0.2) is 21.9 Å². The molecule has 1 amide bonds. The molecule has 0 bridgehead atoms. The summed E-state index contributed by atoms with van der Waals surface area (Å²) in [4.78, 5) is 23.4. The van der Waals surface area contributed by atoms with E-state index in [1.165, 1.54) is 37.7 Å². The summed E-state index contributed by atoms with van der Waals surface area (Å²) in [6.07, 6.45) is 12.6. The number of hydrogen-bond acceptors (Lipinski definition) is 3. The number of benzene rings is 2. The second-order valence-corrected chi connectivity index (χ2v) is 10.1. The molecular weight excluding hydrogens is 442 g/mol. The van der Waals surface area contributed by atoms with Gasteiger partial charge in [0.2, 0.25) is 0 Å². The van der Waals surface area contributed by atoms with Crippen molar-refractivity contribution in [2.75, 3.05) is 0 Å². The first-order chi connectivity index (χ1) is 17.7. The van der Waals surface area contributed by atoms with Crippen LogP contribution in [0.1, 0.15) is 66.9 Å². The maximum atomic E-state index is 14.0. The second kappa shape index (κ2) is 11.5. The summed E-state index contributed by atoms with van der Waals surface area (Å²) in [5.74, 6) is 0.582. The van der Waals surface area contributed by atoms with E-state index in [1.54, 1.807) is 6.20 Å². The highest BCUT2D eigenvalue weighted by Gasteiger charge is 2.26. The predicted octanol–water partition coefficient (Wildman–Crippen LogP) is 7.17. The standard InChI is InChI=1S/C32H35N3O/c1-23(25-14-4-2-5-15-25)34-32(36)30-27-18-8-9-20-29(27)35-31(26-16-6-3-7-17-26)28(30)19-10-12-24-13-11-21-33-22-24/h3,6-9,11,13,16-18,20-23,25H,2,4-5,10,12,14-15,19H2,1H3,(H,34,36). The fourth-order valence-corrected chi connectivity index (χ4v) is 5.64. The molecular formula is C32H35N3O. The van der Waals surface area contributed by atoms with Gasteiger partial charge in [0.05, 0.1) is 16.8 Å². The molecule has 1 unspecified atom stereocenters. The third-order valence-electron chi connectivity index (χ3n) is 7.60. The fourth-order valence-electron chi connectivity index (χ4n) is 5.64. The van der Waals surface area contributed by atoms with E-state index >= 15 is 0 Å². The number of amides is 1. The van der Waals surface area contributed by atoms with Crippen LogP contribution in [0.4, 0.5) is 0 Å². The van der Waals surface area contributed by atoms with Gasteiger partial charge in [0.15, 0.2) is 0 Å². The SMILES string of the molecule is CC(NC(=O)c1c(CCCc2cccnc2)c(-c2ccccc2)nc2ccccc12)C1CCCCC1. The summed E-state index contributed by atoms with van der Waals surface area (Å²) in [6.45, 7) is 2.18. The summed E-state index contributed by atoms with van der Waals surface area (Å²) < 4.78 is 0. The van der Waals surface area contributed by atoms with Gasteiger partial charge in [0.25, 0.3) is 5.91 Å². The number of hydrogen-bond donors (Lipinski definition) is 1. The lowest BCUT2D eigenvalue weighted by Gasteiger charge is -2.29. The third-order valence-corrected chi connectivity index (χ3v) is 7.60. The average molecular weight is 478 g/mol. The number of nitrogens with one attached hydrogen (secondary N) is 1. The summed E-state index contributed by atoms with van der Waals surface area (Å²) in [7, 11) is 0. The highest BCUT2D eigenvalue weighted by Crippen LogP contribution is 2.32. The first-order valence-corrected chi connectivity index (χ1v) is 13.4. The molecule has 184 valence electrons. The highest BCUT2D eigenvalue weighted by atomic mass is 16.1. The Balaban J connectivity index is 1.54. The molecule has 0 saturated heterocycles. The van der Waals surface area contributed by atoms with Gasteiger partial charge in [0, 0.05) is 29.4 Å². The van der Waals surface area contributed by atoms with E-state index in [-0.39, 0.29) is 11.9 Å². The topological polar surface area (TPSA) is 54.9 Å². The number of pyridine rings is 2. The second-order valence-electron chi connectivity index (χ2n) is 10.1. The number of fused-ring (bicyclic) bond motifs is 1. The number of aromatic nitrogens is 2. The zero-order valence-corrected chi connectivity index (χ0v) is 21.1. The molecule has 36 heavy (non-hydrogen) atoms. The molecule has 2 heterocycles. The van der Waals surface area contributed by atoms with Crippen molar-refractivity contribution in [1.82, 2.24) is 15.3 Å². The Bertz CT molecular complexity index is 1300. The normalized spacial score (nSPS) is 15.0. The Kier molecular flexibility index (Phi) is 7.70. The molecule has 4 heteroatoms. The highest BCUT2D eigenvalue weighted by molar-refractivity contribution is 6.09. The van der Waals surface area contributed by atoms with Crippen LogP contribution in [0.15, 0.2) is 79.1 Å². The molecule has 1 atom stereocenters. The Labute approximate surface area is 214 Å². The molecule has 1 fully saturated rings. The number of rotatable bonds is 8. The van der Waals surface area contributed by atoms with Crippen molar-refractivity contribution in [3.05, 3.63) is 95.8 Å². The molecule has 0 radical (unpaired) electrons. The molecule has 4 nitrogen and oxygen atoms in total. The maximum absolute atomic E-state index is 14.0. The van der Waals surface area contributed by atoms with Crippen LogP contribution in [0.2, 0.25) is 0 Å². The Morgan fingerprint density at radius 2 is 1.72 bits per heavy atom. The molecule has 1 aliphatic rings. The van der Waals surface area contributed by atoms with Crippen molar-refractivity contribution < 1.29 is 4.79 Å². The van der Waals surface area contributed by atoms with Crippen LogP contribution in [0.3, 0.4) is 0 Å². The van der Waals surface area contributed by atoms with E-state index in [4.69, 9.17) is 4.98 Å². The van der Waals surface area contributed by atoms with Crippen molar-refractivity contribution >= 4 is 16.8 Å². The summed E-state index contributed by atoms with van der Waals surface area (Å²) in [5.41, 5.74) is 5.86. The van der Waals surface area contributed by atoms with Crippen molar-refractivity contribution in [2.45, 2.75) is 64.3 Å². The summed E-state index contributed by atoms with van der Waals surface area (Å²) in [6, 6.07) is 22.6. The van der Waals surface area contributed by atoms with Gasteiger partial charge >= 0.3 is 0 Å². The average Bonchev–Trinajstić information content (AvgIpc) is 2.94.